The number of ether oxygens (including phenoxy) is 1. The van der Waals surface area contributed by atoms with Crippen LogP contribution in [0.2, 0.25) is 0 Å². The lowest BCUT2D eigenvalue weighted by Crippen LogP contribution is -2.36. The maximum Gasteiger partial charge on any atom is 0.335 e. The van der Waals surface area contributed by atoms with Gasteiger partial charge in [0.05, 0.1) is 34.8 Å². The molecule has 0 bridgehead atoms. The summed E-state index contributed by atoms with van der Waals surface area (Å²) in [6.45, 7) is 3.68. The Bertz CT molecular complexity index is 945. The lowest BCUT2D eigenvalue weighted by Gasteiger charge is -2.27. The van der Waals surface area contributed by atoms with Gasteiger partial charge in [0.25, 0.3) is 17.5 Å². The summed E-state index contributed by atoms with van der Waals surface area (Å²) in [5, 5.41) is 10.9. The van der Waals surface area contributed by atoms with E-state index >= 15 is 0 Å². The second-order valence-corrected chi connectivity index (χ2v) is 5.79. The molecule has 1 aliphatic heterocycles. The van der Waals surface area contributed by atoms with Crippen molar-refractivity contribution in [2.24, 2.45) is 0 Å². The number of amides is 2. The van der Waals surface area contributed by atoms with Gasteiger partial charge >= 0.3 is 5.97 Å². The molecule has 2 amide bonds. The predicted molar refractivity (Wildman–Crippen MR) is 93.9 cm³/mol. The summed E-state index contributed by atoms with van der Waals surface area (Å²) in [7, 11) is 1.16. The molecule has 27 heavy (non-hydrogen) atoms. The van der Waals surface area contributed by atoms with E-state index in [1.807, 2.05) is 0 Å². The topological polar surface area (TPSA) is 107 Å². The molecule has 0 radical (unpaired) electrons. The molecule has 2 aromatic carbocycles. The number of fused-ring (bicyclic) bond motifs is 1. The highest BCUT2D eigenvalue weighted by molar-refractivity contribution is 6.22. The van der Waals surface area contributed by atoms with Crippen LogP contribution < -0.4 is 0 Å². The van der Waals surface area contributed by atoms with Gasteiger partial charge in [-0.2, -0.15) is 0 Å². The van der Waals surface area contributed by atoms with E-state index in [1.165, 1.54) is 36.4 Å². The number of hydrogen-bond donors (Lipinski definition) is 0. The van der Waals surface area contributed by atoms with Gasteiger partial charge in [-0.25, -0.2) is 4.79 Å². The quantitative estimate of drug-likeness (QED) is 0.265. The van der Waals surface area contributed by atoms with Gasteiger partial charge in [0.15, 0.2) is 0 Å². The minimum atomic E-state index is -1.15. The Kier molecular flexibility index (Phi) is 4.55. The highest BCUT2D eigenvalue weighted by atomic mass is 16.6. The monoisotopic (exact) mass is 366 g/mol. The number of esters is 1. The number of non-ortho nitro benzene ring substituents is 1. The first-order valence-electron chi connectivity index (χ1n) is 7.85. The molecule has 1 heterocycles. The van der Waals surface area contributed by atoms with Crippen molar-refractivity contribution in [2.75, 3.05) is 7.11 Å². The van der Waals surface area contributed by atoms with Crippen molar-refractivity contribution in [2.45, 2.75) is 6.04 Å². The van der Waals surface area contributed by atoms with E-state index in [4.69, 9.17) is 0 Å². The lowest BCUT2D eigenvalue weighted by molar-refractivity contribution is -0.384. The third-order valence-electron chi connectivity index (χ3n) is 4.28. The Morgan fingerprint density at radius 2 is 1.59 bits per heavy atom. The van der Waals surface area contributed by atoms with Crippen LogP contribution in [0.5, 0.6) is 0 Å². The molecule has 8 nitrogen and oxygen atoms in total. The van der Waals surface area contributed by atoms with E-state index in [0.29, 0.717) is 5.56 Å². The molecule has 0 aromatic heterocycles. The van der Waals surface area contributed by atoms with Gasteiger partial charge in [-0.3, -0.25) is 24.6 Å². The van der Waals surface area contributed by atoms with Crippen LogP contribution in [0.15, 0.2) is 60.7 Å². The van der Waals surface area contributed by atoms with Gasteiger partial charge < -0.3 is 4.74 Å². The van der Waals surface area contributed by atoms with Crippen LogP contribution in [0.1, 0.15) is 32.3 Å². The van der Waals surface area contributed by atoms with Gasteiger partial charge in [-0.15, -0.1) is 0 Å². The number of benzene rings is 2. The van der Waals surface area contributed by atoms with E-state index in [0.717, 1.165) is 12.0 Å². The molecule has 1 aliphatic rings. The first kappa shape index (κ1) is 18.0. The molecule has 0 N–H and O–H groups in total. The number of nitrogens with zero attached hydrogens (tertiary/aromatic N) is 2. The van der Waals surface area contributed by atoms with Crippen molar-refractivity contribution in [1.82, 2.24) is 4.90 Å². The summed E-state index contributed by atoms with van der Waals surface area (Å²) in [5.41, 5.74) is 0.453. The van der Waals surface area contributed by atoms with Gasteiger partial charge in [0.1, 0.15) is 0 Å². The van der Waals surface area contributed by atoms with Gasteiger partial charge in [-0.1, -0.05) is 18.7 Å². The summed E-state index contributed by atoms with van der Waals surface area (Å²) >= 11 is 0. The number of hydrogen-bond acceptors (Lipinski definition) is 6. The van der Waals surface area contributed by atoms with Crippen molar-refractivity contribution in [3.05, 3.63) is 87.5 Å². The highest BCUT2D eigenvalue weighted by Gasteiger charge is 2.42. The zero-order valence-electron chi connectivity index (χ0n) is 14.2. The average Bonchev–Trinajstić information content (AvgIpc) is 2.93. The maximum atomic E-state index is 12.8. The smallest absolute Gasteiger partial charge is 0.335 e. The van der Waals surface area contributed by atoms with Crippen LogP contribution in [0.25, 0.3) is 0 Å². The lowest BCUT2D eigenvalue weighted by atomic mass is 9.97. The van der Waals surface area contributed by atoms with Crippen molar-refractivity contribution in [3.63, 3.8) is 0 Å². The van der Waals surface area contributed by atoms with Crippen molar-refractivity contribution in [3.8, 4) is 0 Å². The summed E-state index contributed by atoms with van der Waals surface area (Å²) in [4.78, 5) is 48.9. The molecular weight excluding hydrogens is 352 g/mol. The molecule has 8 heteroatoms. The predicted octanol–water partition coefficient (Wildman–Crippen LogP) is 2.66. The molecule has 0 fully saturated rings. The molecule has 0 aliphatic carbocycles. The Balaban J connectivity index is 2.10. The van der Waals surface area contributed by atoms with Gasteiger partial charge in [0, 0.05) is 12.1 Å². The van der Waals surface area contributed by atoms with E-state index in [9.17, 15) is 24.5 Å². The third kappa shape index (κ3) is 2.97. The number of carbonyl (C=O) groups is 3. The van der Waals surface area contributed by atoms with Crippen LogP contribution in [0.4, 0.5) is 5.69 Å². The third-order valence-corrected chi connectivity index (χ3v) is 4.28. The van der Waals surface area contributed by atoms with E-state index in [-0.39, 0.29) is 22.4 Å². The van der Waals surface area contributed by atoms with Crippen molar-refractivity contribution < 1.29 is 24.0 Å². The molecule has 0 saturated heterocycles. The first-order valence-corrected chi connectivity index (χ1v) is 7.85. The van der Waals surface area contributed by atoms with Gasteiger partial charge in [0.2, 0.25) is 0 Å². The van der Waals surface area contributed by atoms with Crippen LogP contribution in [-0.2, 0) is 9.53 Å². The Morgan fingerprint density at radius 1 is 1.07 bits per heavy atom. The van der Waals surface area contributed by atoms with E-state index in [1.54, 1.807) is 12.1 Å². The van der Waals surface area contributed by atoms with Crippen LogP contribution in [0, 0.1) is 10.1 Å². The van der Waals surface area contributed by atoms with Crippen molar-refractivity contribution in [1.29, 1.82) is 0 Å². The zero-order chi connectivity index (χ0) is 19.7. The van der Waals surface area contributed by atoms with Crippen molar-refractivity contribution >= 4 is 23.5 Å². The molecule has 2 aromatic rings. The maximum absolute atomic E-state index is 12.8. The van der Waals surface area contributed by atoms with E-state index < -0.39 is 28.7 Å². The SMILES string of the molecule is C=C(C(=O)OC)C(c1ccc([N+](=O)[O-])cc1)N1C(=O)c2ccccc2C1=O. The summed E-state index contributed by atoms with van der Waals surface area (Å²) in [6.07, 6.45) is 0. The fraction of sp³-hybridized carbons (Fsp3) is 0.105. The summed E-state index contributed by atoms with van der Waals surface area (Å²) < 4.78 is 4.69. The summed E-state index contributed by atoms with van der Waals surface area (Å²) in [6, 6.07) is 10.3. The Morgan fingerprint density at radius 3 is 2.04 bits per heavy atom. The molecule has 136 valence electrons. The number of nitro groups is 1. The number of nitro benzene ring substituents is 1. The molecule has 0 saturated carbocycles. The molecule has 0 spiro atoms. The Hall–Kier alpha value is -3.81. The molecular formula is C19H14N2O6. The molecule has 3 rings (SSSR count). The standard InChI is InChI=1S/C19H14N2O6/c1-11(19(24)27-2)16(12-7-9-13(10-8-12)21(25)26)20-17(22)14-5-3-4-6-15(14)18(20)23/h3-10,16H,1H2,2H3. The normalized spacial score (nSPS) is 13.9. The Labute approximate surface area is 153 Å². The fourth-order valence-electron chi connectivity index (χ4n) is 2.97. The minimum Gasteiger partial charge on any atom is -0.466 e. The number of rotatable bonds is 5. The van der Waals surface area contributed by atoms with Gasteiger partial charge in [-0.05, 0) is 29.8 Å². The average molecular weight is 366 g/mol. The van der Waals surface area contributed by atoms with Crippen LogP contribution in [0.3, 0.4) is 0 Å². The number of imide groups is 1. The largest absolute Gasteiger partial charge is 0.466 e. The molecule has 1 atom stereocenters. The van der Waals surface area contributed by atoms with Crippen LogP contribution in [-0.4, -0.2) is 34.7 Å². The second-order valence-electron chi connectivity index (χ2n) is 5.79. The first-order chi connectivity index (χ1) is 12.9. The van der Waals surface area contributed by atoms with Crippen LogP contribution >= 0.6 is 0 Å². The highest BCUT2D eigenvalue weighted by Crippen LogP contribution is 2.36. The zero-order valence-corrected chi connectivity index (χ0v) is 14.2. The second kappa shape index (κ2) is 6.83. The minimum absolute atomic E-state index is 0.138. The molecule has 1 unspecified atom stereocenters. The number of methoxy groups -OCH3 is 1. The fourth-order valence-corrected chi connectivity index (χ4v) is 2.97. The van der Waals surface area contributed by atoms with E-state index in [2.05, 4.69) is 11.3 Å². The summed E-state index contributed by atoms with van der Waals surface area (Å²) in [5.74, 6) is -1.96. The number of carbonyl (C=O) groups excluding carboxylic acids is 3.